The number of rotatable bonds is 5. The third-order valence-electron chi connectivity index (χ3n) is 2.63. The van der Waals surface area contributed by atoms with Crippen molar-refractivity contribution in [3.8, 4) is 0 Å². The van der Waals surface area contributed by atoms with Crippen molar-refractivity contribution < 1.29 is 8.42 Å². The normalized spacial score (nSPS) is 12.0. The van der Waals surface area contributed by atoms with Crippen molar-refractivity contribution >= 4 is 53.2 Å². The second kappa shape index (κ2) is 6.65. The average Bonchev–Trinajstić information content (AvgIpc) is 2.81. The summed E-state index contributed by atoms with van der Waals surface area (Å²) in [5, 5.41) is 0. The van der Waals surface area contributed by atoms with Crippen LogP contribution >= 0.6 is 43.2 Å². The van der Waals surface area contributed by atoms with Gasteiger partial charge in [0.2, 0.25) is 10.0 Å². The van der Waals surface area contributed by atoms with Gasteiger partial charge in [-0.1, -0.05) is 6.92 Å². The lowest BCUT2D eigenvalue weighted by Gasteiger charge is -2.19. The monoisotopic (exact) mass is 438 g/mol. The molecule has 0 saturated carbocycles. The van der Waals surface area contributed by atoms with Gasteiger partial charge in [0.05, 0.1) is 3.79 Å². The van der Waals surface area contributed by atoms with Crippen LogP contribution in [-0.4, -0.2) is 24.3 Å². The maximum atomic E-state index is 12.6. The summed E-state index contributed by atoms with van der Waals surface area (Å²) in [6.45, 7) is 2.59. The minimum atomic E-state index is -3.53. The van der Waals surface area contributed by atoms with E-state index in [1.807, 2.05) is 19.1 Å². The summed E-state index contributed by atoms with van der Waals surface area (Å²) in [6.07, 6.45) is 2.93. The van der Waals surface area contributed by atoms with Crippen LogP contribution in [0.25, 0.3) is 0 Å². The number of sulfonamides is 1. The molecule has 0 aliphatic rings. The van der Waals surface area contributed by atoms with Crippen molar-refractivity contribution in [1.82, 2.24) is 9.29 Å². The molecule has 0 N–H and O–H groups in total. The fraction of sp³-hybridized carbons (Fsp3) is 0.250. The van der Waals surface area contributed by atoms with E-state index in [9.17, 15) is 8.42 Å². The molecular weight excluding hydrogens is 428 g/mol. The van der Waals surface area contributed by atoms with E-state index in [1.165, 1.54) is 21.8 Å². The van der Waals surface area contributed by atoms with E-state index in [0.29, 0.717) is 17.6 Å². The molecule has 0 atom stereocenters. The maximum absolute atomic E-state index is 12.6. The quantitative estimate of drug-likeness (QED) is 0.710. The second-order valence-electron chi connectivity index (χ2n) is 3.98. The van der Waals surface area contributed by atoms with Crippen LogP contribution in [0.4, 0.5) is 0 Å². The first-order valence-corrected chi connectivity index (χ1v) is 9.62. The van der Waals surface area contributed by atoms with Crippen LogP contribution < -0.4 is 0 Å². The number of hydrogen-bond acceptors (Lipinski definition) is 4. The van der Waals surface area contributed by atoms with Gasteiger partial charge in [-0.15, -0.1) is 11.3 Å². The fourth-order valence-corrected chi connectivity index (χ4v) is 5.17. The third-order valence-corrected chi connectivity index (χ3v) is 6.56. The van der Waals surface area contributed by atoms with Crippen molar-refractivity contribution in [2.24, 2.45) is 0 Å². The van der Waals surface area contributed by atoms with Gasteiger partial charge >= 0.3 is 0 Å². The number of nitrogens with zero attached hydrogens (tertiary/aromatic N) is 2. The fourth-order valence-electron chi connectivity index (χ4n) is 1.66. The molecule has 2 heterocycles. The van der Waals surface area contributed by atoms with Crippen LogP contribution in [0, 0.1) is 0 Å². The van der Waals surface area contributed by atoms with Gasteiger partial charge in [-0.25, -0.2) is 8.42 Å². The molecule has 0 amide bonds. The lowest BCUT2D eigenvalue weighted by molar-refractivity contribution is 0.426. The highest BCUT2D eigenvalue weighted by atomic mass is 79.9. The van der Waals surface area contributed by atoms with E-state index in [2.05, 4.69) is 36.8 Å². The number of pyridine rings is 1. The molecule has 0 aromatic carbocycles. The molecule has 0 bridgehead atoms. The molecule has 2 rings (SSSR count). The van der Waals surface area contributed by atoms with Gasteiger partial charge in [0, 0.05) is 34.8 Å². The van der Waals surface area contributed by atoms with Crippen molar-refractivity contribution in [3.05, 3.63) is 43.7 Å². The van der Waals surface area contributed by atoms with Gasteiger partial charge in [0.15, 0.2) is 0 Å². The van der Waals surface area contributed by atoms with E-state index >= 15 is 0 Å². The maximum Gasteiger partial charge on any atom is 0.244 e. The third kappa shape index (κ3) is 3.67. The van der Waals surface area contributed by atoms with Gasteiger partial charge in [-0.2, -0.15) is 4.31 Å². The molecule has 8 heteroatoms. The molecule has 0 aliphatic carbocycles. The minimum Gasteiger partial charge on any atom is -0.262 e. The summed E-state index contributed by atoms with van der Waals surface area (Å²) < 4.78 is 28.2. The Morgan fingerprint density at radius 1 is 1.30 bits per heavy atom. The van der Waals surface area contributed by atoms with Crippen molar-refractivity contribution in [2.45, 2.75) is 18.4 Å². The highest BCUT2D eigenvalue weighted by Crippen LogP contribution is 2.26. The van der Waals surface area contributed by atoms with E-state index in [1.54, 1.807) is 12.3 Å². The lowest BCUT2D eigenvalue weighted by Crippen LogP contribution is -2.30. The molecule has 0 spiro atoms. The van der Waals surface area contributed by atoms with E-state index < -0.39 is 10.0 Å². The number of aromatic nitrogens is 1. The van der Waals surface area contributed by atoms with Crippen LogP contribution in [0.5, 0.6) is 0 Å². The molecule has 0 radical (unpaired) electrons. The van der Waals surface area contributed by atoms with Gasteiger partial charge in [0.25, 0.3) is 0 Å². The van der Waals surface area contributed by atoms with Crippen LogP contribution in [0.1, 0.15) is 11.8 Å². The molecule has 2 aromatic rings. The Bertz CT molecular complexity index is 701. The molecule has 20 heavy (non-hydrogen) atoms. The summed E-state index contributed by atoms with van der Waals surface area (Å²) in [6, 6.07) is 5.41. The predicted molar refractivity (Wildman–Crippen MR) is 87.2 cm³/mol. The average molecular weight is 440 g/mol. The molecule has 4 nitrogen and oxygen atoms in total. The summed E-state index contributed by atoms with van der Waals surface area (Å²) in [5.41, 5.74) is 0. The SMILES string of the molecule is CCN(Cc1ccc(Br)s1)S(=O)(=O)c1cncc(Br)c1. The Labute approximate surface area is 139 Å². The van der Waals surface area contributed by atoms with E-state index in [0.717, 1.165) is 8.66 Å². The topological polar surface area (TPSA) is 50.3 Å². The molecule has 0 saturated heterocycles. The van der Waals surface area contributed by atoms with Crippen LogP contribution in [-0.2, 0) is 16.6 Å². The number of hydrogen-bond donors (Lipinski definition) is 0. The summed E-state index contributed by atoms with van der Waals surface area (Å²) in [5.74, 6) is 0. The second-order valence-corrected chi connectivity index (χ2v) is 9.38. The Morgan fingerprint density at radius 3 is 2.60 bits per heavy atom. The zero-order valence-corrected chi connectivity index (χ0v) is 15.4. The lowest BCUT2D eigenvalue weighted by atomic mass is 10.4. The van der Waals surface area contributed by atoms with Gasteiger partial charge in [0.1, 0.15) is 4.90 Å². The van der Waals surface area contributed by atoms with Gasteiger partial charge in [-0.3, -0.25) is 4.98 Å². The molecule has 0 aliphatic heterocycles. The Morgan fingerprint density at radius 2 is 2.05 bits per heavy atom. The first-order valence-electron chi connectivity index (χ1n) is 5.78. The Balaban J connectivity index is 2.30. The highest BCUT2D eigenvalue weighted by molar-refractivity contribution is 9.11. The molecule has 2 aromatic heterocycles. The van der Waals surface area contributed by atoms with Crippen molar-refractivity contribution in [2.75, 3.05) is 6.54 Å². The van der Waals surface area contributed by atoms with Gasteiger partial charge < -0.3 is 0 Å². The summed E-state index contributed by atoms with van der Waals surface area (Å²) in [7, 11) is -3.53. The predicted octanol–water partition coefficient (Wildman–Crippen LogP) is 3.88. The van der Waals surface area contributed by atoms with E-state index in [-0.39, 0.29) is 4.90 Å². The summed E-state index contributed by atoms with van der Waals surface area (Å²) in [4.78, 5) is 5.11. The standard InChI is InChI=1S/C12H12Br2N2O2S2/c1-2-16(8-10-3-4-12(14)19-10)20(17,18)11-5-9(13)6-15-7-11/h3-7H,2,8H2,1H3. The van der Waals surface area contributed by atoms with Gasteiger partial charge in [-0.05, 0) is 50.1 Å². The summed E-state index contributed by atoms with van der Waals surface area (Å²) >= 11 is 8.16. The van der Waals surface area contributed by atoms with Crippen LogP contribution in [0.3, 0.4) is 0 Å². The molecule has 0 unspecified atom stereocenters. The highest BCUT2D eigenvalue weighted by Gasteiger charge is 2.24. The number of thiophene rings is 1. The van der Waals surface area contributed by atoms with E-state index in [4.69, 9.17) is 0 Å². The van der Waals surface area contributed by atoms with Crippen LogP contribution in [0.2, 0.25) is 0 Å². The largest absolute Gasteiger partial charge is 0.262 e. The first kappa shape index (κ1) is 16.1. The van der Waals surface area contributed by atoms with Crippen molar-refractivity contribution in [1.29, 1.82) is 0 Å². The molecule has 0 fully saturated rings. The Hall–Kier alpha value is -0.280. The molecular formula is C12H12Br2N2O2S2. The zero-order chi connectivity index (χ0) is 14.8. The first-order chi connectivity index (χ1) is 9.43. The Kier molecular flexibility index (Phi) is 5.36. The smallest absolute Gasteiger partial charge is 0.244 e. The van der Waals surface area contributed by atoms with Crippen LogP contribution in [0.15, 0.2) is 43.7 Å². The zero-order valence-electron chi connectivity index (χ0n) is 10.6. The van der Waals surface area contributed by atoms with Crippen molar-refractivity contribution in [3.63, 3.8) is 0 Å². The minimum absolute atomic E-state index is 0.198. The molecule has 108 valence electrons. The number of halogens is 2.